The van der Waals surface area contributed by atoms with E-state index in [0.717, 1.165) is 50.8 Å². The molecule has 1 aromatic heterocycles. The normalized spacial score (nSPS) is 22.6. The number of likely N-dealkylation sites (tertiary alicyclic amines) is 1. The minimum atomic E-state index is -0.534. The van der Waals surface area contributed by atoms with Crippen LogP contribution in [0.2, 0.25) is 0 Å². The Morgan fingerprint density at radius 3 is 2.90 bits per heavy atom. The summed E-state index contributed by atoms with van der Waals surface area (Å²) in [6, 6.07) is 8.14. The molecule has 7 nitrogen and oxygen atoms in total. The van der Waals surface area contributed by atoms with Crippen molar-refractivity contribution < 1.29 is 14.3 Å². The van der Waals surface area contributed by atoms with Crippen LogP contribution in [-0.2, 0) is 17.8 Å². The summed E-state index contributed by atoms with van der Waals surface area (Å²) in [5.41, 5.74) is 1.28. The third kappa shape index (κ3) is 4.75. The van der Waals surface area contributed by atoms with Gasteiger partial charge in [-0.05, 0) is 50.7 Å². The number of nitrogens with one attached hydrogen (secondary N) is 1. The molecular weight excluding hydrogens is 392 g/mol. The fourth-order valence-electron chi connectivity index (χ4n) is 4.78. The van der Waals surface area contributed by atoms with Crippen LogP contribution in [0.5, 0.6) is 5.75 Å². The first kappa shape index (κ1) is 21.4. The van der Waals surface area contributed by atoms with Gasteiger partial charge in [0.25, 0.3) is 5.91 Å². The average molecular weight is 425 g/mol. The molecule has 1 atom stereocenters. The second-order valence-corrected chi connectivity index (χ2v) is 8.61. The van der Waals surface area contributed by atoms with Crippen molar-refractivity contribution in [2.24, 2.45) is 5.41 Å². The predicted molar refractivity (Wildman–Crippen MR) is 118 cm³/mol. The number of carbonyl (C=O) groups excluding carboxylic acids is 2. The summed E-state index contributed by atoms with van der Waals surface area (Å²) in [6.07, 6.45) is 8.73. The Labute approximate surface area is 183 Å². The van der Waals surface area contributed by atoms with Gasteiger partial charge in [0.1, 0.15) is 12.4 Å². The highest BCUT2D eigenvalue weighted by Gasteiger charge is 2.43. The summed E-state index contributed by atoms with van der Waals surface area (Å²) in [5, 5.41) is 7.32. The smallest absolute Gasteiger partial charge is 0.257 e. The summed E-state index contributed by atoms with van der Waals surface area (Å²) in [4.78, 5) is 28.2. The lowest BCUT2D eigenvalue weighted by molar-refractivity contribution is -0.134. The van der Waals surface area contributed by atoms with E-state index < -0.39 is 5.41 Å². The maximum absolute atomic E-state index is 13.3. The fraction of sp³-hybridized carbons (Fsp3) is 0.542. The molecular formula is C24H32N4O3. The standard InChI is InChI=1S/C24H32N4O3/c1-2-28-17-20(16-26-28)22(29)27-14-7-12-24(18-27)11-6-5-9-19-8-3-4-10-21(19)31-15-13-25-23(24)30/h3-4,8,10,16-17H,2,5-7,9,11-15,18H2,1H3,(H,25,30). The summed E-state index contributed by atoms with van der Waals surface area (Å²) < 4.78 is 7.68. The number of aryl methyl sites for hydroxylation is 2. The molecule has 7 heteroatoms. The Morgan fingerprint density at radius 1 is 1.23 bits per heavy atom. The van der Waals surface area contributed by atoms with E-state index in [-0.39, 0.29) is 11.8 Å². The van der Waals surface area contributed by atoms with E-state index in [2.05, 4.69) is 16.5 Å². The predicted octanol–water partition coefficient (Wildman–Crippen LogP) is 3.05. The van der Waals surface area contributed by atoms with E-state index in [4.69, 9.17) is 4.74 Å². The molecule has 1 N–H and O–H groups in total. The molecule has 1 spiro atoms. The molecule has 1 fully saturated rings. The molecule has 1 saturated heterocycles. The highest BCUT2D eigenvalue weighted by Crippen LogP contribution is 2.37. The van der Waals surface area contributed by atoms with E-state index in [0.29, 0.717) is 31.8 Å². The summed E-state index contributed by atoms with van der Waals surface area (Å²) in [5.74, 6) is 0.927. The summed E-state index contributed by atoms with van der Waals surface area (Å²) >= 11 is 0. The molecule has 0 bridgehead atoms. The minimum absolute atomic E-state index is 0.0325. The molecule has 2 aromatic rings. The van der Waals surface area contributed by atoms with Crippen molar-refractivity contribution in [3.63, 3.8) is 0 Å². The van der Waals surface area contributed by atoms with Crippen LogP contribution in [0, 0.1) is 5.41 Å². The van der Waals surface area contributed by atoms with Crippen LogP contribution in [-0.4, -0.2) is 52.7 Å². The number of ether oxygens (including phenoxy) is 1. The first-order chi connectivity index (χ1) is 15.1. The van der Waals surface area contributed by atoms with Crippen molar-refractivity contribution >= 4 is 11.8 Å². The molecule has 1 unspecified atom stereocenters. The van der Waals surface area contributed by atoms with Crippen molar-refractivity contribution in [1.29, 1.82) is 0 Å². The zero-order chi connectivity index (χ0) is 21.7. The van der Waals surface area contributed by atoms with Gasteiger partial charge in [-0.3, -0.25) is 14.3 Å². The number of hydrogen-bond acceptors (Lipinski definition) is 4. The third-order valence-corrected chi connectivity index (χ3v) is 6.52. The highest BCUT2D eigenvalue weighted by atomic mass is 16.5. The number of benzene rings is 1. The molecule has 0 saturated carbocycles. The molecule has 2 aliphatic rings. The van der Waals surface area contributed by atoms with Gasteiger partial charge in [-0.2, -0.15) is 5.10 Å². The lowest BCUT2D eigenvalue weighted by Gasteiger charge is -2.42. The molecule has 3 heterocycles. The van der Waals surface area contributed by atoms with Crippen LogP contribution in [0.4, 0.5) is 0 Å². The second-order valence-electron chi connectivity index (χ2n) is 8.61. The number of amides is 2. The SMILES string of the molecule is CCn1cc(C(=O)N2CCCC3(CCCCc4ccccc4OCCNC3=O)C2)cn1. The van der Waals surface area contributed by atoms with Gasteiger partial charge < -0.3 is 15.0 Å². The number of fused-ring (bicyclic) bond motifs is 1. The summed E-state index contributed by atoms with van der Waals surface area (Å²) in [7, 11) is 0. The van der Waals surface area contributed by atoms with E-state index in [1.165, 1.54) is 5.56 Å². The van der Waals surface area contributed by atoms with Crippen LogP contribution in [0.1, 0.15) is 54.9 Å². The van der Waals surface area contributed by atoms with E-state index in [1.54, 1.807) is 17.1 Å². The van der Waals surface area contributed by atoms with Gasteiger partial charge in [-0.25, -0.2) is 0 Å². The molecule has 4 rings (SSSR count). The van der Waals surface area contributed by atoms with Crippen LogP contribution in [0.25, 0.3) is 0 Å². The van der Waals surface area contributed by atoms with Crippen LogP contribution < -0.4 is 10.1 Å². The maximum atomic E-state index is 13.3. The van der Waals surface area contributed by atoms with Gasteiger partial charge in [-0.1, -0.05) is 24.6 Å². The Hall–Kier alpha value is -2.83. The number of aromatic nitrogens is 2. The molecule has 31 heavy (non-hydrogen) atoms. The van der Waals surface area contributed by atoms with E-state index in [9.17, 15) is 9.59 Å². The fourth-order valence-corrected chi connectivity index (χ4v) is 4.78. The molecule has 1 aromatic carbocycles. The van der Waals surface area contributed by atoms with Gasteiger partial charge in [-0.15, -0.1) is 0 Å². The Kier molecular flexibility index (Phi) is 6.59. The quantitative estimate of drug-likeness (QED) is 0.804. The number of nitrogens with zero attached hydrogens (tertiary/aromatic N) is 3. The first-order valence-corrected chi connectivity index (χ1v) is 11.4. The van der Waals surface area contributed by atoms with E-state index >= 15 is 0 Å². The van der Waals surface area contributed by atoms with E-state index in [1.807, 2.05) is 30.0 Å². The number of rotatable bonds is 2. The lowest BCUT2D eigenvalue weighted by atomic mass is 9.74. The zero-order valence-corrected chi connectivity index (χ0v) is 18.3. The first-order valence-electron chi connectivity index (χ1n) is 11.4. The monoisotopic (exact) mass is 424 g/mol. The Morgan fingerprint density at radius 2 is 2.06 bits per heavy atom. The minimum Gasteiger partial charge on any atom is -0.491 e. The zero-order valence-electron chi connectivity index (χ0n) is 18.3. The maximum Gasteiger partial charge on any atom is 0.257 e. The number of para-hydroxylation sites is 1. The highest BCUT2D eigenvalue weighted by molar-refractivity contribution is 5.94. The molecule has 2 aliphatic heterocycles. The largest absolute Gasteiger partial charge is 0.491 e. The van der Waals surface area contributed by atoms with Crippen LogP contribution >= 0.6 is 0 Å². The summed E-state index contributed by atoms with van der Waals surface area (Å²) in [6.45, 7) is 4.77. The third-order valence-electron chi connectivity index (χ3n) is 6.52. The van der Waals surface area contributed by atoms with Crippen molar-refractivity contribution in [3.8, 4) is 5.75 Å². The van der Waals surface area contributed by atoms with Crippen molar-refractivity contribution in [3.05, 3.63) is 47.8 Å². The van der Waals surface area contributed by atoms with Gasteiger partial charge >= 0.3 is 0 Å². The molecule has 0 radical (unpaired) electrons. The van der Waals surface area contributed by atoms with Crippen molar-refractivity contribution in [1.82, 2.24) is 20.0 Å². The van der Waals surface area contributed by atoms with Crippen LogP contribution in [0.3, 0.4) is 0 Å². The van der Waals surface area contributed by atoms with Gasteiger partial charge in [0, 0.05) is 25.8 Å². The van der Waals surface area contributed by atoms with Crippen molar-refractivity contribution in [2.75, 3.05) is 26.2 Å². The number of hydrogen-bond donors (Lipinski definition) is 1. The second kappa shape index (κ2) is 9.54. The molecule has 2 amide bonds. The number of piperidine rings is 1. The molecule has 0 aliphatic carbocycles. The lowest BCUT2D eigenvalue weighted by Crippen LogP contribution is -2.54. The van der Waals surface area contributed by atoms with Crippen molar-refractivity contribution in [2.45, 2.75) is 52.0 Å². The average Bonchev–Trinajstić information content (AvgIpc) is 3.28. The Balaban J connectivity index is 1.49. The topological polar surface area (TPSA) is 76.5 Å². The van der Waals surface area contributed by atoms with Gasteiger partial charge in [0.05, 0.1) is 23.7 Å². The Bertz CT molecular complexity index is 925. The van der Waals surface area contributed by atoms with Gasteiger partial charge in [0.2, 0.25) is 5.91 Å². The van der Waals surface area contributed by atoms with Crippen LogP contribution in [0.15, 0.2) is 36.7 Å². The molecule has 166 valence electrons. The number of carbonyl (C=O) groups is 2. The van der Waals surface area contributed by atoms with Gasteiger partial charge in [0.15, 0.2) is 0 Å².